The number of fused-ring (bicyclic) bond motifs is 4. The van der Waals surface area contributed by atoms with Gasteiger partial charge in [0, 0.05) is 42.8 Å². The van der Waals surface area contributed by atoms with Gasteiger partial charge in [0.2, 0.25) is 5.95 Å². The molecule has 3 fully saturated rings. The normalized spacial score (nSPS) is 21.9. The van der Waals surface area contributed by atoms with Gasteiger partial charge in [0.05, 0.1) is 5.52 Å². The molecule has 10 nitrogen and oxygen atoms in total. The summed E-state index contributed by atoms with van der Waals surface area (Å²) in [6.07, 6.45) is 6.14. The first-order valence-electron chi connectivity index (χ1n) is 15.5. The van der Waals surface area contributed by atoms with Crippen LogP contribution in [0.4, 0.5) is 17.6 Å². The Hall–Kier alpha value is -4.70. The van der Waals surface area contributed by atoms with Crippen molar-refractivity contribution in [2.75, 3.05) is 48.8 Å². The highest BCUT2D eigenvalue weighted by atomic mass is 16.5. The molecule has 0 saturated carbocycles. The summed E-state index contributed by atoms with van der Waals surface area (Å²) in [4.78, 5) is 26.1. The quantitative estimate of drug-likeness (QED) is 0.285. The number of hydrogen-bond donors (Lipinski definition) is 2. The number of likely N-dealkylation sites (tertiary alicyclic amines) is 1. The number of aromatic hydroxyl groups is 1. The van der Waals surface area contributed by atoms with E-state index in [1.165, 1.54) is 6.42 Å². The molecule has 5 heterocycles. The molecule has 10 heteroatoms. The van der Waals surface area contributed by atoms with Crippen LogP contribution in [-0.4, -0.2) is 81.4 Å². The number of rotatable bonds is 6. The second-order valence-corrected chi connectivity index (χ2v) is 12.3. The van der Waals surface area contributed by atoms with Gasteiger partial charge in [-0.05, 0) is 91.5 Å². The van der Waals surface area contributed by atoms with Gasteiger partial charge in [0.15, 0.2) is 0 Å². The van der Waals surface area contributed by atoms with Gasteiger partial charge < -0.3 is 30.3 Å². The van der Waals surface area contributed by atoms with Crippen LogP contribution in [0.3, 0.4) is 0 Å². The second kappa shape index (κ2) is 10.8. The predicted octanol–water partition coefficient (Wildman–Crippen LogP) is 4.86. The molecule has 0 spiro atoms. The van der Waals surface area contributed by atoms with E-state index in [0.717, 1.165) is 77.5 Å². The monoisotopic (exact) mass is 588 g/mol. The summed E-state index contributed by atoms with van der Waals surface area (Å²) in [6.45, 7) is 3.24. The molecule has 0 aliphatic carbocycles. The van der Waals surface area contributed by atoms with Crippen LogP contribution in [0.15, 0.2) is 66.9 Å². The molecule has 8 rings (SSSR count). The Kier molecular flexibility index (Phi) is 6.59. The van der Waals surface area contributed by atoms with E-state index in [9.17, 15) is 5.11 Å². The van der Waals surface area contributed by atoms with Crippen molar-refractivity contribution in [3.8, 4) is 22.9 Å². The van der Waals surface area contributed by atoms with Crippen LogP contribution in [0.25, 0.3) is 32.8 Å². The lowest BCUT2D eigenvalue weighted by Gasteiger charge is -2.42. The van der Waals surface area contributed by atoms with Gasteiger partial charge >= 0.3 is 6.01 Å². The molecule has 3 aliphatic rings. The third-order valence-corrected chi connectivity index (χ3v) is 9.56. The number of aromatic nitrogens is 4. The molecule has 3 atom stereocenters. The molecule has 2 aromatic heterocycles. The van der Waals surface area contributed by atoms with Crippen molar-refractivity contribution in [3.63, 3.8) is 0 Å². The van der Waals surface area contributed by atoms with Crippen molar-refractivity contribution in [1.29, 1.82) is 0 Å². The van der Waals surface area contributed by atoms with Gasteiger partial charge in [-0.1, -0.05) is 30.3 Å². The summed E-state index contributed by atoms with van der Waals surface area (Å²) >= 11 is 0. The maximum atomic E-state index is 10.5. The Morgan fingerprint density at radius 2 is 1.77 bits per heavy atom. The van der Waals surface area contributed by atoms with Crippen LogP contribution in [-0.2, 0) is 0 Å². The summed E-state index contributed by atoms with van der Waals surface area (Å²) in [5.74, 6) is 2.32. The third-order valence-electron chi connectivity index (χ3n) is 9.56. The number of piperazine rings is 1. The maximum Gasteiger partial charge on any atom is 0.319 e. The number of phenolic OH excluding ortho intramolecular Hbond substituents is 1. The number of nitrogen functional groups attached to an aromatic ring is 1. The molecule has 3 N–H and O–H groups in total. The van der Waals surface area contributed by atoms with E-state index in [4.69, 9.17) is 20.4 Å². The van der Waals surface area contributed by atoms with Crippen LogP contribution >= 0.6 is 0 Å². The van der Waals surface area contributed by atoms with E-state index in [1.807, 2.05) is 24.3 Å². The molecule has 2 bridgehead atoms. The Morgan fingerprint density at radius 3 is 2.57 bits per heavy atom. The SMILES string of the molecule is CN1CCC[C@H]1COc1nc(N2[C@@H]3CC[C@H]2CN(c2nccc(N)n2)C3)c2ccc(-c3cc(O)cc4ccccc34)cc2n1. The number of phenols is 1. The lowest BCUT2D eigenvalue weighted by Crippen LogP contribution is -2.54. The molecule has 0 unspecified atom stereocenters. The fraction of sp³-hybridized carbons (Fsp3) is 0.353. The summed E-state index contributed by atoms with van der Waals surface area (Å²) < 4.78 is 6.35. The number of ether oxygens (including phenoxy) is 1. The first-order chi connectivity index (χ1) is 21.5. The summed E-state index contributed by atoms with van der Waals surface area (Å²) in [5.41, 5.74) is 8.77. The lowest BCUT2D eigenvalue weighted by molar-refractivity contribution is 0.188. The molecule has 5 aromatic rings. The number of hydrogen-bond acceptors (Lipinski definition) is 10. The summed E-state index contributed by atoms with van der Waals surface area (Å²) in [6, 6.07) is 21.1. The molecule has 0 radical (unpaired) electrons. The zero-order valence-corrected chi connectivity index (χ0v) is 24.8. The van der Waals surface area contributed by atoms with E-state index < -0.39 is 0 Å². The molecule has 0 amide bonds. The molecule has 3 aromatic carbocycles. The molecular weight excluding hydrogens is 552 g/mol. The van der Waals surface area contributed by atoms with Crippen molar-refractivity contribution in [2.24, 2.45) is 0 Å². The number of nitrogens with two attached hydrogens (primary N) is 1. The van der Waals surface area contributed by atoms with E-state index >= 15 is 0 Å². The fourth-order valence-corrected chi connectivity index (χ4v) is 7.34. The number of nitrogens with zero attached hydrogens (tertiary/aromatic N) is 7. The topological polar surface area (TPSA) is 117 Å². The van der Waals surface area contributed by atoms with E-state index in [1.54, 1.807) is 18.3 Å². The van der Waals surface area contributed by atoms with Crippen molar-refractivity contribution in [1.82, 2.24) is 24.8 Å². The minimum Gasteiger partial charge on any atom is -0.508 e. The van der Waals surface area contributed by atoms with Gasteiger partial charge in [0.25, 0.3) is 0 Å². The van der Waals surface area contributed by atoms with Crippen LogP contribution in [0.2, 0.25) is 0 Å². The molecule has 224 valence electrons. The smallest absolute Gasteiger partial charge is 0.319 e. The molecule has 3 saturated heterocycles. The van der Waals surface area contributed by atoms with Gasteiger partial charge in [-0.25, -0.2) is 4.98 Å². The largest absolute Gasteiger partial charge is 0.508 e. The zero-order valence-electron chi connectivity index (χ0n) is 24.8. The standard InChI is InChI=1S/C34H36N8O2/c1-40-14-4-6-25(40)20-44-34-37-30-16-22(29-17-26(43)15-21-5-2-3-7-27(21)29)8-11-28(30)32(39-34)42-23-9-10-24(42)19-41(18-23)33-36-13-12-31(35)38-33/h2-3,5,7-8,11-13,15-17,23-25,43H,4,6,9-10,14,18-20H2,1H3,(H2,35,36,38)/t23-,24+,25-/m0/s1. The maximum absolute atomic E-state index is 10.5. The van der Waals surface area contributed by atoms with Crippen LogP contribution in [0.5, 0.6) is 11.8 Å². The van der Waals surface area contributed by atoms with E-state index in [0.29, 0.717) is 30.4 Å². The molecular formula is C34H36N8O2. The summed E-state index contributed by atoms with van der Waals surface area (Å²) in [5, 5.41) is 13.6. The predicted molar refractivity (Wildman–Crippen MR) is 173 cm³/mol. The average molecular weight is 589 g/mol. The lowest BCUT2D eigenvalue weighted by atomic mass is 9.97. The Morgan fingerprint density at radius 1 is 0.932 bits per heavy atom. The minimum atomic E-state index is 0.241. The molecule has 44 heavy (non-hydrogen) atoms. The van der Waals surface area contributed by atoms with Crippen LogP contribution in [0.1, 0.15) is 25.7 Å². The first kappa shape index (κ1) is 26.9. The van der Waals surface area contributed by atoms with Crippen molar-refractivity contribution < 1.29 is 9.84 Å². The number of likely N-dealkylation sites (N-methyl/N-ethyl adjacent to an activating group) is 1. The number of anilines is 3. The average Bonchev–Trinajstić information content (AvgIpc) is 3.56. The van der Waals surface area contributed by atoms with Crippen LogP contribution in [0, 0.1) is 0 Å². The number of benzene rings is 3. The highest BCUT2D eigenvalue weighted by molar-refractivity contribution is 6.01. The fourth-order valence-electron chi connectivity index (χ4n) is 7.34. The van der Waals surface area contributed by atoms with Crippen molar-refractivity contribution in [3.05, 3.63) is 66.9 Å². The van der Waals surface area contributed by atoms with Crippen molar-refractivity contribution >= 4 is 39.3 Å². The van der Waals surface area contributed by atoms with E-state index in [2.05, 4.69) is 56.0 Å². The Bertz CT molecular complexity index is 1850. The van der Waals surface area contributed by atoms with E-state index in [-0.39, 0.29) is 17.8 Å². The first-order valence-corrected chi connectivity index (χ1v) is 15.5. The zero-order chi connectivity index (χ0) is 29.8. The Balaban J connectivity index is 1.20. The van der Waals surface area contributed by atoms with Gasteiger partial charge in [0.1, 0.15) is 24.0 Å². The molecule has 3 aliphatic heterocycles. The second-order valence-electron chi connectivity index (χ2n) is 12.3. The van der Waals surface area contributed by atoms with Crippen molar-refractivity contribution in [2.45, 2.75) is 43.8 Å². The highest BCUT2D eigenvalue weighted by Crippen LogP contribution is 2.40. The van der Waals surface area contributed by atoms with Gasteiger partial charge in [-0.3, -0.25) is 0 Å². The third kappa shape index (κ3) is 4.79. The van der Waals surface area contributed by atoms with Crippen LogP contribution < -0.4 is 20.3 Å². The minimum absolute atomic E-state index is 0.241. The highest BCUT2D eigenvalue weighted by Gasteiger charge is 2.42. The van der Waals surface area contributed by atoms with Gasteiger partial charge in [-0.2, -0.15) is 15.0 Å². The summed E-state index contributed by atoms with van der Waals surface area (Å²) in [7, 11) is 2.15. The Labute approximate surface area is 256 Å². The van der Waals surface area contributed by atoms with Gasteiger partial charge in [-0.15, -0.1) is 0 Å².